The Hall–Kier alpha value is -1.22. The van der Waals surface area contributed by atoms with E-state index in [4.69, 9.17) is 15.2 Å². The molecule has 0 aromatic heterocycles. The van der Waals surface area contributed by atoms with Gasteiger partial charge in [0.05, 0.1) is 14.2 Å². The highest BCUT2D eigenvalue weighted by atomic mass is 16.5. The van der Waals surface area contributed by atoms with Crippen molar-refractivity contribution in [2.45, 2.75) is 32.7 Å². The summed E-state index contributed by atoms with van der Waals surface area (Å²) in [6, 6.07) is 3.99. The van der Waals surface area contributed by atoms with Crippen molar-refractivity contribution in [1.29, 1.82) is 0 Å². The van der Waals surface area contributed by atoms with Crippen molar-refractivity contribution in [3.05, 3.63) is 23.3 Å². The van der Waals surface area contributed by atoms with Crippen molar-refractivity contribution in [2.24, 2.45) is 5.73 Å². The van der Waals surface area contributed by atoms with E-state index in [9.17, 15) is 0 Å². The van der Waals surface area contributed by atoms with Gasteiger partial charge in [-0.3, -0.25) is 0 Å². The number of hydrogen-bond donors (Lipinski definition) is 1. The lowest BCUT2D eigenvalue weighted by Gasteiger charge is -2.21. The summed E-state index contributed by atoms with van der Waals surface area (Å²) < 4.78 is 10.5. The van der Waals surface area contributed by atoms with Crippen LogP contribution in [-0.2, 0) is 6.42 Å². The Balaban J connectivity index is 3.11. The molecule has 0 amide bonds. The number of nitrogens with two attached hydrogens (primary N) is 1. The van der Waals surface area contributed by atoms with E-state index >= 15 is 0 Å². The maximum Gasteiger partial charge on any atom is 0.161 e. The molecule has 90 valence electrons. The Labute approximate surface area is 97.6 Å². The van der Waals surface area contributed by atoms with Crippen molar-refractivity contribution < 1.29 is 9.47 Å². The van der Waals surface area contributed by atoms with E-state index in [-0.39, 0.29) is 5.54 Å². The second-order valence-electron chi connectivity index (χ2n) is 4.80. The predicted octanol–water partition coefficient (Wildman–Crippen LogP) is 2.29. The molecule has 3 nitrogen and oxygen atoms in total. The second kappa shape index (κ2) is 4.74. The normalized spacial score (nSPS) is 11.4. The fraction of sp³-hybridized carbons (Fsp3) is 0.538. The molecule has 1 aromatic rings. The predicted molar refractivity (Wildman–Crippen MR) is 66.3 cm³/mol. The Bertz CT molecular complexity index is 367. The molecule has 3 heteroatoms. The SMILES string of the molecule is COc1cc(C)c(CC(C)(C)N)cc1OC. The third kappa shape index (κ3) is 3.14. The van der Waals surface area contributed by atoms with Crippen LogP contribution in [0.2, 0.25) is 0 Å². The maximum absolute atomic E-state index is 6.03. The van der Waals surface area contributed by atoms with Gasteiger partial charge in [0.1, 0.15) is 0 Å². The molecule has 0 fully saturated rings. The molecule has 0 aliphatic carbocycles. The summed E-state index contributed by atoms with van der Waals surface area (Å²) >= 11 is 0. The van der Waals surface area contributed by atoms with Crippen LogP contribution in [0, 0.1) is 6.92 Å². The first-order chi connectivity index (χ1) is 7.37. The van der Waals surface area contributed by atoms with Crippen molar-refractivity contribution in [3.63, 3.8) is 0 Å². The second-order valence-corrected chi connectivity index (χ2v) is 4.80. The zero-order valence-electron chi connectivity index (χ0n) is 10.8. The molecule has 1 aromatic carbocycles. The van der Waals surface area contributed by atoms with Crippen LogP contribution in [0.5, 0.6) is 11.5 Å². The Morgan fingerprint density at radius 2 is 1.62 bits per heavy atom. The molecule has 1 rings (SSSR count). The largest absolute Gasteiger partial charge is 0.493 e. The van der Waals surface area contributed by atoms with E-state index in [2.05, 4.69) is 6.92 Å². The molecule has 0 aliphatic rings. The summed E-state index contributed by atoms with van der Waals surface area (Å²) in [6.45, 7) is 6.09. The summed E-state index contributed by atoms with van der Waals surface area (Å²) in [6.07, 6.45) is 0.819. The summed E-state index contributed by atoms with van der Waals surface area (Å²) in [5.41, 5.74) is 8.18. The number of hydrogen-bond acceptors (Lipinski definition) is 3. The lowest BCUT2D eigenvalue weighted by atomic mass is 9.93. The molecule has 0 saturated carbocycles. The van der Waals surface area contributed by atoms with Crippen LogP contribution in [0.25, 0.3) is 0 Å². The van der Waals surface area contributed by atoms with Crippen molar-refractivity contribution in [3.8, 4) is 11.5 Å². The fourth-order valence-corrected chi connectivity index (χ4v) is 1.70. The topological polar surface area (TPSA) is 44.5 Å². The molecule has 0 bridgehead atoms. The van der Waals surface area contributed by atoms with Crippen molar-refractivity contribution in [1.82, 2.24) is 0 Å². The molecular formula is C13H21NO2. The van der Waals surface area contributed by atoms with E-state index in [1.165, 1.54) is 11.1 Å². The van der Waals surface area contributed by atoms with E-state index in [0.29, 0.717) is 0 Å². The number of ether oxygens (including phenoxy) is 2. The van der Waals surface area contributed by atoms with E-state index in [1.807, 2.05) is 26.0 Å². The molecule has 0 atom stereocenters. The Morgan fingerprint density at radius 1 is 1.12 bits per heavy atom. The standard InChI is InChI=1S/C13H21NO2/c1-9-6-11(15-4)12(16-5)7-10(9)8-13(2,3)14/h6-7H,8,14H2,1-5H3. The smallest absolute Gasteiger partial charge is 0.161 e. The third-order valence-corrected chi connectivity index (χ3v) is 2.49. The highest BCUT2D eigenvalue weighted by Gasteiger charge is 2.15. The van der Waals surface area contributed by atoms with E-state index in [0.717, 1.165) is 17.9 Å². The first-order valence-corrected chi connectivity index (χ1v) is 5.38. The lowest BCUT2D eigenvalue weighted by molar-refractivity contribution is 0.353. The lowest BCUT2D eigenvalue weighted by Crippen LogP contribution is -2.34. The summed E-state index contributed by atoms with van der Waals surface area (Å²) in [5, 5.41) is 0. The Morgan fingerprint density at radius 3 is 2.06 bits per heavy atom. The van der Waals surface area contributed by atoms with Crippen LogP contribution in [0.15, 0.2) is 12.1 Å². The molecule has 0 heterocycles. The Kier molecular flexibility index (Phi) is 3.81. The summed E-state index contributed by atoms with van der Waals surface area (Å²) in [4.78, 5) is 0. The highest BCUT2D eigenvalue weighted by Crippen LogP contribution is 2.31. The minimum absolute atomic E-state index is 0.218. The van der Waals surface area contributed by atoms with Gasteiger partial charge in [0.2, 0.25) is 0 Å². The van der Waals surface area contributed by atoms with Gasteiger partial charge < -0.3 is 15.2 Å². The average Bonchev–Trinajstić information content (AvgIpc) is 2.18. The average molecular weight is 223 g/mol. The third-order valence-electron chi connectivity index (χ3n) is 2.49. The minimum Gasteiger partial charge on any atom is -0.493 e. The van der Waals surface area contributed by atoms with Gasteiger partial charge in [-0.15, -0.1) is 0 Å². The number of aryl methyl sites for hydroxylation is 1. The van der Waals surface area contributed by atoms with Gasteiger partial charge in [-0.25, -0.2) is 0 Å². The zero-order chi connectivity index (χ0) is 12.3. The monoisotopic (exact) mass is 223 g/mol. The zero-order valence-corrected chi connectivity index (χ0v) is 10.8. The molecule has 0 aliphatic heterocycles. The van der Waals surface area contributed by atoms with Crippen LogP contribution in [0.4, 0.5) is 0 Å². The van der Waals surface area contributed by atoms with E-state index in [1.54, 1.807) is 14.2 Å². The summed E-state index contributed by atoms with van der Waals surface area (Å²) in [7, 11) is 3.29. The van der Waals surface area contributed by atoms with Gasteiger partial charge in [0, 0.05) is 5.54 Å². The number of rotatable bonds is 4. The molecule has 0 radical (unpaired) electrons. The molecule has 0 spiro atoms. The first-order valence-electron chi connectivity index (χ1n) is 5.38. The molecule has 2 N–H and O–H groups in total. The van der Waals surface area contributed by atoms with Gasteiger partial charge in [0.15, 0.2) is 11.5 Å². The highest BCUT2D eigenvalue weighted by molar-refractivity contribution is 5.47. The van der Waals surface area contributed by atoms with E-state index < -0.39 is 0 Å². The van der Waals surface area contributed by atoms with Crippen LogP contribution in [-0.4, -0.2) is 19.8 Å². The van der Waals surface area contributed by atoms with Crippen LogP contribution in [0.3, 0.4) is 0 Å². The number of benzene rings is 1. The molecule has 16 heavy (non-hydrogen) atoms. The quantitative estimate of drug-likeness (QED) is 0.851. The molecular weight excluding hydrogens is 202 g/mol. The first kappa shape index (κ1) is 12.8. The van der Waals surface area contributed by atoms with Crippen molar-refractivity contribution in [2.75, 3.05) is 14.2 Å². The minimum atomic E-state index is -0.218. The maximum atomic E-state index is 6.03. The van der Waals surface area contributed by atoms with Gasteiger partial charge in [-0.1, -0.05) is 0 Å². The fourth-order valence-electron chi connectivity index (χ4n) is 1.70. The van der Waals surface area contributed by atoms with Gasteiger partial charge in [-0.2, -0.15) is 0 Å². The summed E-state index contributed by atoms with van der Waals surface area (Å²) in [5.74, 6) is 1.52. The van der Waals surface area contributed by atoms with Gasteiger partial charge in [0.25, 0.3) is 0 Å². The molecule has 0 unspecified atom stereocenters. The van der Waals surface area contributed by atoms with Crippen LogP contribution in [0.1, 0.15) is 25.0 Å². The van der Waals surface area contributed by atoms with Crippen LogP contribution < -0.4 is 15.2 Å². The van der Waals surface area contributed by atoms with Gasteiger partial charge in [-0.05, 0) is 50.5 Å². The number of methoxy groups -OCH3 is 2. The van der Waals surface area contributed by atoms with Crippen molar-refractivity contribution >= 4 is 0 Å². The van der Waals surface area contributed by atoms with Crippen LogP contribution >= 0.6 is 0 Å². The molecule has 0 saturated heterocycles. The van der Waals surface area contributed by atoms with Gasteiger partial charge >= 0.3 is 0 Å².